The van der Waals surface area contributed by atoms with Crippen LogP contribution >= 0.6 is 0 Å². The second-order valence-electron chi connectivity index (χ2n) is 8.77. The third-order valence-electron chi connectivity index (χ3n) is 6.58. The molecule has 2 saturated heterocycles. The van der Waals surface area contributed by atoms with E-state index in [1.54, 1.807) is 13.0 Å². The van der Waals surface area contributed by atoms with Gasteiger partial charge in [0.1, 0.15) is 0 Å². The molecule has 2 N–H and O–H groups in total. The van der Waals surface area contributed by atoms with Crippen LogP contribution in [0.5, 0.6) is 0 Å². The Bertz CT molecular complexity index is 1010. The van der Waals surface area contributed by atoms with Crippen LogP contribution in [0.25, 0.3) is 0 Å². The summed E-state index contributed by atoms with van der Waals surface area (Å²) in [6, 6.07) is 15.7. The summed E-state index contributed by atoms with van der Waals surface area (Å²) in [6.07, 6.45) is 2.23. The molecule has 2 fully saturated rings. The number of carbonyl (C=O) groups excluding carboxylic acids is 2. The van der Waals surface area contributed by atoms with Crippen LogP contribution in [0, 0.1) is 30.1 Å². The van der Waals surface area contributed by atoms with E-state index in [2.05, 4.69) is 29.2 Å². The molecule has 6 nitrogen and oxygen atoms in total. The van der Waals surface area contributed by atoms with Crippen molar-refractivity contribution in [2.75, 3.05) is 32.7 Å². The van der Waals surface area contributed by atoms with Gasteiger partial charge in [0, 0.05) is 26.2 Å². The molecule has 1 unspecified atom stereocenters. The molecule has 0 aliphatic carbocycles. The van der Waals surface area contributed by atoms with E-state index in [1.165, 1.54) is 11.6 Å². The van der Waals surface area contributed by atoms with Crippen molar-refractivity contribution in [2.24, 2.45) is 17.6 Å². The molecule has 2 aliphatic rings. The number of aryl methyl sites for hydroxylation is 2. The number of carbonyl (C=O) groups is 2. The highest BCUT2D eigenvalue weighted by Gasteiger charge is 2.42. The Balaban J connectivity index is 1.36. The Morgan fingerprint density at radius 3 is 2.39 bits per heavy atom. The number of primary amides is 1. The molecule has 4 rings (SSSR count). The number of likely N-dealkylation sites (tertiary alicyclic amines) is 2. The van der Waals surface area contributed by atoms with Crippen molar-refractivity contribution in [3.63, 3.8) is 0 Å². The summed E-state index contributed by atoms with van der Waals surface area (Å²) >= 11 is 0. The first kappa shape index (κ1) is 21.1. The quantitative estimate of drug-likeness (QED) is 0.784. The molecule has 0 radical (unpaired) electrons. The number of rotatable bonds is 6. The summed E-state index contributed by atoms with van der Waals surface area (Å²) in [4.78, 5) is 29.6. The summed E-state index contributed by atoms with van der Waals surface area (Å²) in [6.45, 7) is 6.27. The SMILES string of the molecule is Cc1cc(C#N)cc(C(N)=O)c1C(=O)N1CC2CN(CCCc3ccccc3)C[C@H]2C1. The predicted molar refractivity (Wildman–Crippen MR) is 118 cm³/mol. The van der Waals surface area contributed by atoms with Crippen LogP contribution in [0.3, 0.4) is 0 Å². The fourth-order valence-electron chi connectivity index (χ4n) is 5.08. The van der Waals surface area contributed by atoms with Crippen molar-refractivity contribution in [1.29, 1.82) is 5.26 Å². The summed E-state index contributed by atoms with van der Waals surface area (Å²) in [5.41, 5.74) is 8.33. The van der Waals surface area contributed by atoms with E-state index >= 15 is 0 Å². The Morgan fingerprint density at radius 2 is 1.77 bits per heavy atom. The topological polar surface area (TPSA) is 90.4 Å². The van der Waals surface area contributed by atoms with Crippen molar-refractivity contribution in [3.05, 3.63) is 70.3 Å². The van der Waals surface area contributed by atoms with Crippen molar-refractivity contribution in [2.45, 2.75) is 19.8 Å². The van der Waals surface area contributed by atoms with E-state index in [1.807, 2.05) is 17.0 Å². The van der Waals surface area contributed by atoms with Gasteiger partial charge >= 0.3 is 0 Å². The molecule has 31 heavy (non-hydrogen) atoms. The number of nitriles is 1. The molecular weight excluding hydrogens is 388 g/mol. The van der Waals surface area contributed by atoms with E-state index in [0.717, 1.165) is 32.5 Å². The first-order chi connectivity index (χ1) is 15.0. The highest BCUT2D eigenvalue weighted by atomic mass is 16.2. The molecular formula is C25H28N4O2. The number of benzene rings is 2. The minimum Gasteiger partial charge on any atom is -0.366 e. The average molecular weight is 417 g/mol. The van der Waals surface area contributed by atoms with Crippen LogP contribution < -0.4 is 5.73 Å². The van der Waals surface area contributed by atoms with Crippen molar-refractivity contribution >= 4 is 11.8 Å². The Kier molecular flexibility index (Phi) is 6.06. The van der Waals surface area contributed by atoms with Gasteiger partial charge in [-0.1, -0.05) is 30.3 Å². The van der Waals surface area contributed by atoms with Gasteiger partial charge < -0.3 is 15.5 Å². The fourth-order valence-corrected chi connectivity index (χ4v) is 5.08. The van der Waals surface area contributed by atoms with Gasteiger partial charge in [-0.2, -0.15) is 5.26 Å². The van der Waals surface area contributed by atoms with Crippen LogP contribution in [-0.4, -0.2) is 54.3 Å². The summed E-state index contributed by atoms with van der Waals surface area (Å²) < 4.78 is 0. The molecule has 2 aromatic rings. The van der Waals surface area contributed by atoms with Crippen LogP contribution in [0.15, 0.2) is 42.5 Å². The normalized spacial score (nSPS) is 20.5. The largest absolute Gasteiger partial charge is 0.366 e. The first-order valence-electron chi connectivity index (χ1n) is 10.9. The lowest BCUT2D eigenvalue weighted by Crippen LogP contribution is -2.35. The van der Waals surface area contributed by atoms with Crippen LogP contribution in [0.4, 0.5) is 0 Å². The summed E-state index contributed by atoms with van der Waals surface area (Å²) in [5, 5.41) is 9.17. The Morgan fingerprint density at radius 1 is 1.10 bits per heavy atom. The van der Waals surface area contributed by atoms with E-state index in [0.29, 0.717) is 41.6 Å². The van der Waals surface area contributed by atoms with Crippen molar-refractivity contribution in [3.8, 4) is 6.07 Å². The van der Waals surface area contributed by atoms with Gasteiger partial charge in [0.05, 0.1) is 22.8 Å². The van der Waals surface area contributed by atoms with Crippen molar-refractivity contribution in [1.82, 2.24) is 9.80 Å². The zero-order valence-electron chi connectivity index (χ0n) is 17.9. The maximum absolute atomic E-state index is 13.3. The summed E-state index contributed by atoms with van der Waals surface area (Å²) in [7, 11) is 0. The molecule has 6 heteroatoms. The maximum atomic E-state index is 13.3. The average Bonchev–Trinajstić information content (AvgIpc) is 3.32. The lowest BCUT2D eigenvalue weighted by atomic mass is 9.97. The van der Waals surface area contributed by atoms with E-state index in [4.69, 9.17) is 11.0 Å². The lowest BCUT2D eigenvalue weighted by molar-refractivity contribution is 0.0767. The van der Waals surface area contributed by atoms with Gasteiger partial charge in [-0.15, -0.1) is 0 Å². The van der Waals surface area contributed by atoms with Gasteiger partial charge in [-0.3, -0.25) is 9.59 Å². The van der Waals surface area contributed by atoms with Gasteiger partial charge in [0.25, 0.3) is 5.91 Å². The molecule has 160 valence electrons. The molecule has 2 amide bonds. The van der Waals surface area contributed by atoms with Crippen molar-refractivity contribution < 1.29 is 9.59 Å². The van der Waals surface area contributed by atoms with Crippen LogP contribution in [-0.2, 0) is 6.42 Å². The highest BCUT2D eigenvalue weighted by molar-refractivity contribution is 6.08. The van der Waals surface area contributed by atoms with Crippen LogP contribution in [0.2, 0.25) is 0 Å². The third-order valence-corrected chi connectivity index (χ3v) is 6.58. The Hall–Kier alpha value is -3.17. The fraction of sp³-hybridized carbons (Fsp3) is 0.400. The number of amides is 2. The third kappa shape index (κ3) is 4.47. The highest BCUT2D eigenvalue weighted by Crippen LogP contribution is 2.33. The monoisotopic (exact) mass is 416 g/mol. The molecule has 0 bridgehead atoms. The van der Waals surface area contributed by atoms with E-state index in [-0.39, 0.29) is 11.5 Å². The van der Waals surface area contributed by atoms with Gasteiger partial charge in [-0.25, -0.2) is 0 Å². The van der Waals surface area contributed by atoms with Gasteiger partial charge in [-0.05, 0) is 61.4 Å². The molecule has 0 saturated carbocycles. The maximum Gasteiger partial charge on any atom is 0.254 e. The minimum atomic E-state index is -0.674. The zero-order valence-corrected chi connectivity index (χ0v) is 17.9. The van der Waals surface area contributed by atoms with E-state index < -0.39 is 5.91 Å². The predicted octanol–water partition coefficient (Wildman–Crippen LogP) is 2.60. The number of nitrogens with two attached hydrogens (primary N) is 1. The second kappa shape index (κ2) is 8.91. The minimum absolute atomic E-state index is 0.140. The lowest BCUT2D eigenvalue weighted by Gasteiger charge is -2.23. The molecule has 2 aromatic carbocycles. The summed E-state index contributed by atoms with van der Waals surface area (Å²) in [5.74, 6) is 0.112. The van der Waals surface area contributed by atoms with Crippen LogP contribution in [0.1, 0.15) is 43.8 Å². The van der Waals surface area contributed by atoms with E-state index in [9.17, 15) is 9.59 Å². The first-order valence-corrected chi connectivity index (χ1v) is 10.9. The van der Waals surface area contributed by atoms with Gasteiger partial charge in [0.2, 0.25) is 5.91 Å². The standard InChI is InChI=1S/C25H28N4O2/c1-17-10-19(12-26)11-22(24(27)30)23(17)25(31)29-15-20-13-28(14-21(20)16-29)9-5-8-18-6-3-2-4-7-18/h2-4,6-7,10-11,20-21H,5,8-9,13-16H2,1H3,(H2,27,30)/t20-,21?/m0/s1. The van der Waals surface area contributed by atoms with Gasteiger partial charge in [0.15, 0.2) is 0 Å². The smallest absolute Gasteiger partial charge is 0.254 e. The number of fused-ring (bicyclic) bond motifs is 1. The Labute approximate surface area is 183 Å². The molecule has 0 aromatic heterocycles. The number of nitrogens with zero attached hydrogens (tertiary/aromatic N) is 3. The number of hydrogen-bond acceptors (Lipinski definition) is 4. The molecule has 2 atom stereocenters. The second-order valence-corrected chi connectivity index (χ2v) is 8.77. The zero-order chi connectivity index (χ0) is 22.0. The molecule has 2 heterocycles. The molecule has 2 aliphatic heterocycles. The molecule has 0 spiro atoms. The number of hydrogen-bond donors (Lipinski definition) is 1.